The van der Waals surface area contributed by atoms with Crippen LogP contribution in [0.4, 0.5) is 0 Å². The summed E-state index contributed by atoms with van der Waals surface area (Å²) in [6.45, 7) is 4.44. The van der Waals surface area contributed by atoms with Crippen molar-refractivity contribution in [1.82, 2.24) is 5.32 Å². The third-order valence-electron chi connectivity index (χ3n) is 3.66. The molecule has 16 heavy (non-hydrogen) atoms. The molecular weight excluding hydrogens is 202 g/mol. The number of hydrogen-bond acceptors (Lipinski definition) is 3. The highest BCUT2D eigenvalue weighted by Gasteiger charge is 2.24. The van der Waals surface area contributed by atoms with E-state index in [0.29, 0.717) is 12.1 Å². The minimum Gasteiger partial charge on any atom is -0.469 e. The second-order valence-electron chi connectivity index (χ2n) is 4.86. The second kappa shape index (κ2) is 5.02. The fourth-order valence-electron chi connectivity index (χ4n) is 2.30. The molecule has 0 bridgehead atoms. The van der Waals surface area contributed by atoms with Crippen LogP contribution in [0.25, 0.3) is 0 Å². The number of rotatable bonds is 4. The predicted molar refractivity (Wildman–Crippen MR) is 63.2 cm³/mol. The second-order valence-corrected chi connectivity index (χ2v) is 4.86. The minimum atomic E-state index is 0.235. The number of hydrogen-bond donors (Lipinski definition) is 2. The molecule has 1 aromatic rings. The number of aryl methyl sites for hydroxylation is 1. The van der Waals surface area contributed by atoms with Gasteiger partial charge in [0.2, 0.25) is 0 Å². The van der Waals surface area contributed by atoms with Gasteiger partial charge in [-0.3, -0.25) is 0 Å². The van der Waals surface area contributed by atoms with Crippen LogP contribution in [0.15, 0.2) is 16.7 Å². The van der Waals surface area contributed by atoms with Crippen molar-refractivity contribution in [2.45, 2.75) is 45.2 Å². The third-order valence-corrected chi connectivity index (χ3v) is 3.66. The normalized spacial score (nSPS) is 23.8. The molecule has 3 atom stereocenters. The van der Waals surface area contributed by atoms with Crippen LogP contribution in [-0.4, -0.2) is 17.8 Å². The van der Waals surface area contributed by atoms with Gasteiger partial charge in [0.1, 0.15) is 5.76 Å². The number of aliphatic hydroxyl groups excluding tert-OH is 1. The molecule has 1 aliphatic carbocycles. The lowest BCUT2D eigenvalue weighted by Gasteiger charge is -2.28. The van der Waals surface area contributed by atoms with Gasteiger partial charge in [-0.05, 0) is 31.7 Å². The zero-order valence-corrected chi connectivity index (χ0v) is 10.1. The van der Waals surface area contributed by atoms with Crippen LogP contribution in [0, 0.1) is 5.92 Å². The summed E-state index contributed by atoms with van der Waals surface area (Å²) < 4.78 is 5.47. The fourth-order valence-corrected chi connectivity index (χ4v) is 2.30. The number of furan rings is 1. The van der Waals surface area contributed by atoms with E-state index in [-0.39, 0.29) is 12.5 Å². The van der Waals surface area contributed by atoms with Gasteiger partial charge in [-0.15, -0.1) is 0 Å². The largest absolute Gasteiger partial charge is 0.469 e. The van der Waals surface area contributed by atoms with Gasteiger partial charge in [0.05, 0.1) is 6.26 Å². The quantitative estimate of drug-likeness (QED) is 0.823. The Hall–Kier alpha value is -0.800. The van der Waals surface area contributed by atoms with Crippen LogP contribution in [0.1, 0.15) is 44.1 Å². The molecule has 0 fully saturated rings. The van der Waals surface area contributed by atoms with Crippen LogP contribution in [0.5, 0.6) is 0 Å². The van der Waals surface area contributed by atoms with Crippen molar-refractivity contribution in [3.8, 4) is 0 Å². The summed E-state index contributed by atoms with van der Waals surface area (Å²) in [6.07, 6.45) is 5.18. The van der Waals surface area contributed by atoms with Gasteiger partial charge in [0.25, 0.3) is 0 Å². The summed E-state index contributed by atoms with van der Waals surface area (Å²) in [5, 5.41) is 12.7. The standard InChI is InChI=1S/C13H21NO2/c1-9(8-15)10(2)14-12-4-3-5-13-11(12)6-7-16-13/h6-7,9-10,12,14-15H,3-5,8H2,1-2H3. The van der Waals surface area contributed by atoms with E-state index in [0.717, 1.165) is 18.6 Å². The van der Waals surface area contributed by atoms with Crippen molar-refractivity contribution < 1.29 is 9.52 Å². The predicted octanol–water partition coefficient (Wildman–Crippen LogP) is 2.26. The molecule has 1 aliphatic rings. The molecule has 90 valence electrons. The van der Waals surface area contributed by atoms with Gasteiger partial charge >= 0.3 is 0 Å². The molecule has 2 N–H and O–H groups in total. The van der Waals surface area contributed by atoms with Crippen LogP contribution in [0.2, 0.25) is 0 Å². The molecule has 3 nitrogen and oxygen atoms in total. The molecule has 3 unspecified atom stereocenters. The van der Waals surface area contributed by atoms with E-state index in [1.54, 1.807) is 6.26 Å². The Kier molecular flexibility index (Phi) is 3.66. The molecule has 0 aromatic carbocycles. The van der Waals surface area contributed by atoms with Gasteiger partial charge in [-0.2, -0.15) is 0 Å². The van der Waals surface area contributed by atoms with E-state index in [9.17, 15) is 0 Å². The smallest absolute Gasteiger partial charge is 0.108 e. The highest BCUT2D eigenvalue weighted by Crippen LogP contribution is 2.31. The van der Waals surface area contributed by atoms with Gasteiger partial charge in [0, 0.05) is 30.7 Å². The first kappa shape index (κ1) is 11.7. The zero-order valence-electron chi connectivity index (χ0n) is 10.1. The zero-order chi connectivity index (χ0) is 11.5. The molecule has 1 heterocycles. The Balaban J connectivity index is 2.02. The van der Waals surface area contributed by atoms with Crippen molar-refractivity contribution in [2.24, 2.45) is 5.92 Å². The maximum absolute atomic E-state index is 9.13. The lowest BCUT2D eigenvalue weighted by molar-refractivity contribution is 0.198. The summed E-state index contributed by atoms with van der Waals surface area (Å²) in [5.41, 5.74) is 1.31. The molecule has 0 saturated carbocycles. The van der Waals surface area contributed by atoms with Crippen LogP contribution < -0.4 is 5.32 Å². The number of aliphatic hydroxyl groups is 1. The molecule has 0 amide bonds. The Morgan fingerprint density at radius 1 is 1.56 bits per heavy atom. The summed E-state index contributed by atoms with van der Waals surface area (Å²) in [6, 6.07) is 2.80. The summed E-state index contributed by atoms with van der Waals surface area (Å²) in [7, 11) is 0. The van der Waals surface area contributed by atoms with Crippen molar-refractivity contribution in [1.29, 1.82) is 0 Å². The van der Waals surface area contributed by atoms with Gasteiger partial charge in [-0.1, -0.05) is 6.92 Å². The van der Waals surface area contributed by atoms with E-state index in [1.165, 1.54) is 12.0 Å². The topological polar surface area (TPSA) is 45.4 Å². The van der Waals surface area contributed by atoms with E-state index >= 15 is 0 Å². The van der Waals surface area contributed by atoms with Crippen molar-refractivity contribution >= 4 is 0 Å². The SMILES string of the molecule is CC(CO)C(C)NC1CCCc2occc21. The maximum atomic E-state index is 9.13. The molecule has 2 rings (SSSR count). The van der Waals surface area contributed by atoms with Gasteiger partial charge < -0.3 is 14.8 Å². The van der Waals surface area contributed by atoms with E-state index in [4.69, 9.17) is 9.52 Å². The molecule has 1 aromatic heterocycles. The first-order valence-electron chi connectivity index (χ1n) is 6.15. The van der Waals surface area contributed by atoms with Crippen LogP contribution in [-0.2, 0) is 6.42 Å². The highest BCUT2D eigenvalue weighted by molar-refractivity contribution is 5.24. The average Bonchev–Trinajstić information content (AvgIpc) is 2.77. The number of fused-ring (bicyclic) bond motifs is 1. The monoisotopic (exact) mass is 223 g/mol. The minimum absolute atomic E-state index is 0.235. The Labute approximate surface area is 96.8 Å². The van der Waals surface area contributed by atoms with Crippen LogP contribution >= 0.6 is 0 Å². The molecule has 3 heteroatoms. The summed E-state index contributed by atoms with van der Waals surface area (Å²) >= 11 is 0. The fraction of sp³-hybridized carbons (Fsp3) is 0.692. The molecule has 0 spiro atoms. The van der Waals surface area contributed by atoms with Gasteiger partial charge in [-0.25, -0.2) is 0 Å². The Bertz CT molecular complexity index is 334. The molecule has 0 aliphatic heterocycles. The first-order valence-corrected chi connectivity index (χ1v) is 6.15. The molecule has 0 saturated heterocycles. The van der Waals surface area contributed by atoms with Crippen LogP contribution in [0.3, 0.4) is 0 Å². The van der Waals surface area contributed by atoms with E-state index in [1.807, 2.05) is 0 Å². The van der Waals surface area contributed by atoms with Crippen molar-refractivity contribution in [3.05, 3.63) is 23.7 Å². The third kappa shape index (κ3) is 2.30. The number of nitrogens with one attached hydrogen (secondary N) is 1. The summed E-state index contributed by atoms with van der Waals surface area (Å²) in [4.78, 5) is 0. The Morgan fingerprint density at radius 2 is 2.38 bits per heavy atom. The first-order chi connectivity index (χ1) is 7.72. The van der Waals surface area contributed by atoms with E-state index in [2.05, 4.69) is 25.2 Å². The van der Waals surface area contributed by atoms with Gasteiger partial charge in [0.15, 0.2) is 0 Å². The highest BCUT2D eigenvalue weighted by atomic mass is 16.3. The van der Waals surface area contributed by atoms with Crippen molar-refractivity contribution in [2.75, 3.05) is 6.61 Å². The molecular formula is C13H21NO2. The lowest BCUT2D eigenvalue weighted by Crippen LogP contribution is -2.37. The maximum Gasteiger partial charge on any atom is 0.108 e. The summed E-state index contributed by atoms with van der Waals surface area (Å²) in [5.74, 6) is 1.42. The lowest BCUT2D eigenvalue weighted by atomic mass is 9.92. The van der Waals surface area contributed by atoms with E-state index < -0.39 is 0 Å². The van der Waals surface area contributed by atoms with Crippen molar-refractivity contribution in [3.63, 3.8) is 0 Å². The average molecular weight is 223 g/mol. The molecule has 0 radical (unpaired) electrons. The Morgan fingerprint density at radius 3 is 3.12 bits per heavy atom.